The van der Waals surface area contributed by atoms with Crippen molar-refractivity contribution in [1.82, 2.24) is 4.31 Å². The van der Waals surface area contributed by atoms with Crippen LogP contribution >= 0.6 is 0 Å². The van der Waals surface area contributed by atoms with Crippen molar-refractivity contribution in [2.24, 2.45) is 0 Å². The number of carbonyl (C=O) groups excluding carboxylic acids is 2. The molecule has 0 N–H and O–H groups in total. The molecule has 0 fully saturated rings. The maximum absolute atomic E-state index is 12.4. The number of amides is 1. The highest BCUT2D eigenvalue weighted by molar-refractivity contribution is 7.90. The molecule has 0 spiro atoms. The Labute approximate surface area is 151 Å². The van der Waals surface area contributed by atoms with Crippen molar-refractivity contribution in [3.8, 4) is 5.75 Å². The van der Waals surface area contributed by atoms with Gasteiger partial charge in [-0.3, -0.25) is 4.79 Å². The molecule has 1 aliphatic rings. The molecule has 1 heterocycles. The molecule has 1 aliphatic heterocycles. The Morgan fingerprint density at radius 3 is 2.58 bits per heavy atom. The standard InChI is InChI=1S/C18H17NO6S/c1-12-7-8-13(11-15(12)24-2)18(21)25-10-9-19-17(20)14-5-3-4-6-16(14)26(19,22)23/h3-8,11H,9-10H2,1-2H3. The van der Waals surface area contributed by atoms with E-state index >= 15 is 0 Å². The highest BCUT2D eigenvalue weighted by atomic mass is 32.2. The number of fused-ring (bicyclic) bond motifs is 1. The zero-order valence-electron chi connectivity index (χ0n) is 14.3. The van der Waals surface area contributed by atoms with Crippen LogP contribution in [0, 0.1) is 6.92 Å². The van der Waals surface area contributed by atoms with Gasteiger partial charge >= 0.3 is 5.97 Å². The van der Waals surface area contributed by atoms with Crippen LogP contribution in [0.25, 0.3) is 0 Å². The second-order valence-electron chi connectivity index (χ2n) is 5.70. The Morgan fingerprint density at radius 2 is 1.88 bits per heavy atom. The summed E-state index contributed by atoms with van der Waals surface area (Å²) in [7, 11) is -2.40. The first-order valence-electron chi connectivity index (χ1n) is 7.84. The number of rotatable bonds is 5. The minimum atomic E-state index is -3.90. The van der Waals surface area contributed by atoms with Gasteiger partial charge in [0.2, 0.25) is 0 Å². The highest BCUT2D eigenvalue weighted by Crippen LogP contribution is 2.29. The molecule has 7 nitrogen and oxygen atoms in total. The molecule has 0 bridgehead atoms. The predicted octanol–water partition coefficient (Wildman–Crippen LogP) is 2.01. The number of nitrogens with zero attached hydrogens (tertiary/aromatic N) is 1. The molecule has 0 saturated heterocycles. The second kappa shape index (κ2) is 6.80. The SMILES string of the molecule is COc1cc(C(=O)OCCN2C(=O)c3ccccc3S2(=O)=O)ccc1C. The van der Waals surface area contributed by atoms with Crippen LogP contribution in [0.1, 0.15) is 26.3 Å². The smallest absolute Gasteiger partial charge is 0.338 e. The van der Waals surface area contributed by atoms with Gasteiger partial charge in [-0.25, -0.2) is 17.5 Å². The molecule has 0 saturated carbocycles. The third kappa shape index (κ3) is 3.03. The Morgan fingerprint density at radius 1 is 1.15 bits per heavy atom. The first-order valence-corrected chi connectivity index (χ1v) is 9.28. The monoisotopic (exact) mass is 375 g/mol. The number of hydrogen-bond donors (Lipinski definition) is 0. The third-order valence-corrected chi connectivity index (χ3v) is 5.92. The van der Waals surface area contributed by atoms with Crippen molar-refractivity contribution in [2.45, 2.75) is 11.8 Å². The number of esters is 1. The number of carbonyl (C=O) groups is 2. The Balaban J connectivity index is 1.67. The molecule has 3 rings (SSSR count). The van der Waals surface area contributed by atoms with Crippen LogP contribution in [0.2, 0.25) is 0 Å². The summed E-state index contributed by atoms with van der Waals surface area (Å²) < 4.78 is 35.8. The van der Waals surface area contributed by atoms with Crippen LogP contribution in [0.3, 0.4) is 0 Å². The number of sulfonamides is 1. The fourth-order valence-electron chi connectivity index (χ4n) is 2.70. The molecule has 2 aromatic rings. The lowest BCUT2D eigenvalue weighted by molar-refractivity contribution is 0.0477. The minimum Gasteiger partial charge on any atom is -0.496 e. The van der Waals surface area contributed by atoms with Crippen LogP contribution < -0.4 is 4.74 Å². The van der Waals surface area contributed by atoms with Crippen LogP contribution in [-0.2, 0) is 14.8 Å². The first-order chi connectivity index (χ1) is 12.4. The van der Waals surface area contributed by atoms with Crippen LogP contribution in [0.15, 0.2) is 47.4 Å². The zero-order valence-corrected chi connectivity index (χ0v) is 15.1. The summed E-state index contributed by atoms with van der Waals surface area (Å²) in [6.45, 7) is 1.36. The average Bonchev–Trinajstić information content (AvgIpc) is 2.83. The summed E-state index contributed by atoms with van der Waals surface area (Å²) in [6.07, 6.45) is 0. The third-order valence-electron chi connectivity index (χ3n) is 4.08. The van der Waals surface area contributed by atoms with Crippen molar-refractivity contribution in [2.75, 3.05) is 20.3 Å². The number of hydrogen-bond acceptors (Lipinski definition) is 6. The van der Waals surface area contributed by atoms with Crippen molar-refractivity contribution in [3.63, 3.8) is 0 Å². The average molecular weight is 375 g/mol. The van der Waals surface area contributed by atoms with Crippen molar-refractivity contribution in [1.29, 1.82) is 0 Å². The van der Waals surface area contributed by atoms with Gasteiger partial charge in [0.15, 0.2) is 0 Å². The van der Waals surface area contributed by atoms with Gasteiger partial charge in [-0.15, -0.1) is 0 Å². The molecule has 0 aromatic heterocycles. The maximum atomic E-state index is 12.4. The summed E-state index contributed by atoms with van der Waals surface area (Å²) in [4.78, 5) is 24.4. The number of benzene rings is 2. The summed E-state index contributed by atoms with van der Waals surface area (Å²) in [5.41, 5.74) is 1.28. The van der Waals surface area contributed by atoms with Gasteiger partial charge in [-0.05, 0) is 36.8 Å². The molecule has 8 heteroatoms. The molecule has 0 radical (unpaired) electrons. The summed E-state index contributed by atoms with van der Waals surface area (Å²) >= 11 is 0. The van der Waals surface area contributed by atoms with Crippen LogP contribution in [-0.4, -0.2) is 44.9 Å². The van der Waals surface area contributed by atoms with E-state index in [0.29, 0.717) is 5.75 Å². The number of aryl methyl sites for hydroxylation is 1. The molecule has 0 atom stereocenters. The zero-order chi connectivity index (χ0) is 18.9. The van der Waals surface area contributed by atoms with E-state index in [2.05, 4.69) is 0 Å². The Kier molecular flexibility index (Phi) is 4.69. The van der Waals surface area contributed by atoms with E-state index in [0.717, 1.165) is 9.87 Å². The van der Waals surface area contributed by atoms with Gasteiger partial charge < -0.3 is 9.47 Å². The Bertz CT molecular complexity index is 983. The van der Waals surface area contributed by atoms with Gasteiger partial charge in [-0.1, -0.05) is 18.2 Å². The van der Waals surface area contributed by atoms with E-state index in [-0.39, 0.29) is 29.2 Å². The molecule has 2 aromatic carbocycles. The summed E-state index contributed by atoms with van der Waals surface area (Å²) in [6, 6.07) is 10.9. The van der Waals surface area contributed by atoms with Gasteiger partial charge in [0.05, 0.1) is 24.8 Å². The van der Waals surface area contributed by atoms with E-state index in [1.54, 1.807) is 30.3 Å². The molecule has 136 valence electrons. The van der Waals surface area contributed by atoms with E-state index in [9.17, 15) is 18.0 Å². The van der Waals surface area contributed by atoms with E-state index in [1.807, 2.05) is 6.92 Å². The molecular weight excluding hydrogens is 358 g/mol. The first kappa shape index (κ1) is 17.9. The second-order valence-corrected chi connectivity index (χ2v) is 7.53. The van der Waals surface area contributed by atoms with Crippen molar-refractivity contribution in [3.05, 3.63) is 59.2 Å². The number of methoxy groups -OCH3 is 1. The molecule has 0 unspecified atom stereocenters. The van der Waals surface area contributed by atoms with Crippen LogP contribution in [0.5, 0.6) is 5.75 Å². The fourth-order valence-corrected chi connectivity index (χ4v) is 4.26. The quantitative estimate of drug-likeness (QED) is 0.743. The topological polar surface area (TPSA) is 90.0 Å². The highest BCUT2D eigenvalue weighted by Gasteiger charge is 2.40. The fraction of sp³-hybridized carbons (Fsp3) is 0.222. The van der Waals surface area contributed by atoms with Crippen molar-refractivity contribution < 1.29 is 27.5 Å². The lowest BCUT2D eigenvalue weighted by Gasteiger charge is -2.15. The van der Waals surface area contributed by atoms with E-state index in [1.165, 1.54) is 19.2 Å². The Hall–Kier alpha value is -2.87. The van der Waals surface area contributed by atoms with Crippen molar-refractivity contribution >= 4 is 21.9 Å². The molecule has 1 amide bonds. The van der Waals surface area contributed by atoms with E-state index < -0.39 is 21.9 Å². The van der Waals surface area contributed by atoms with E-state index in [4.69, 9.17) is 9.47 Å². The van der Waals surface area contributed by atoms with Gasteiger partial charge in [0, 0.05) is 0 Å². The van der Waals surface area contributed by atoms with Crippen LogP contribution in [0.4, 0.5) is 0 Å². The largest absolute Gasteiger partial charge is 0.496 e. The minimum absolute atomic E-state index is 0.0282. The van der Waals surface area contributed by atoms with Gasteiger partial charge in [-0.2, -0.15) is 0 Å². The number of ether oxygens (including phenoxy) is 2. The predicted molar refractivity (Wildman–Crippen MR) is 92.7 cm³/mol. The summed E-state index contributed by atoms with van der Waals surface area (Å²) in [5, 5.41) is 0. The summed E-state index contributed by atoms with van der Waals surface area (Å²) in [5.74, 6) is -0.689. The molecule has 26 heavy (non-hydrogen) atoms. The normalized spacial score (nSPS) is 14.8. The lowest BCUT2D eigenvalue weighted by Crippen LogP contribution is -2.33. The maximum Gasteiger partial charge on any atom is 0.338 e. The lowest BCUT2D eigenvalue weighted by atomic mass is 10.1. The molecule has 0 aliphatic carbocycles. The van der Waals surface area contributed by atoms with Gasteiger partial charge in [0.1, 0.15) is 17.3 Å². The van der Waals surface area contributed by atoms with Gasteiger partial charge in [0.25, 0.3) is 15.9 Å². The molecular formula is C18H17NO6S.